The van der Waals surface area contributed by atoms with Gasteiger partial charge in [0.15, 0.2) is 0 Å². The molecule has 0 unspecified atom stereocenters. The van der Waals surface area contributed by atoms with E-state index >= 15 is 0 Å². The van der Waals surface area contributed by atoms with Gasteiger partial charge in [0.05, 0.1) is 17.6 Å². The molecule has 0 fully saturated rings. The zero-order valence-electron chi connectivity index (χ0n) is 17.6. The molecular formula is C23H22N8O. The minimum absolute atomic E-state index is 0.148. The van der Waals surface area contributed by atoms with E-state index in [1.165, 1.54) is 12.0 Å². The van der Waals surface area contributed by atoms with Crippen molar-refractivity contribution in [3.05, 3.63) is 83.9 Å². The van der Waals surface area contributed by atoms with Crippen LogP contribution in [-0.2, 0) is 13.0 Å². The molecular weight excluding hydrogens is 404 g/mol. The lowest BCUT2D eigenvalue weighted by molar-refractivity contribution is 0.0963. The Balaban J connectivity index is 1.34. The maximum absolute atomic E-state index is 11.9. The summed E-state index contributed by atoms with van der Waals surface area (Å²) in [6.45, 7) is 1.46. The first-order valence-corrected chi connectivity index (χ1v) is 10.4. The Morgan fingerprint density at radius 2 is 1.94 bits per heavy atom. The lowest BCUT2D eigenvalue weighted by Gasteiger charge is -2.27. The normalized spacial score (nSPS) is 12.8. The highest BCUT2D eigenvalue weighted by Gasteiger charge is 2.23. The van der Waals surface area contributed by atoms with E-state index in [-0.39, 0.29) is 5.91 Å². The SMILES string of the molecule is CNC(=O)c1cccc(Nc2ncnc(N3CCc4c(cnn4-c4ccccc4)C3)n2)c1. The lowest BCUT2D eigenvalue weighted by Crippen LogP contribution is -2.32. The molecule has 32 heavy (non-hydrogen) atoms. The van der Waals surface area contributed by atoms with Gasteiger partial charge in [0.2, 0.25) is 11.9 Å². The molecule has 2 N–H and O–H groups in total. The highest BCUT2D eigenvalue weighted by molar-refractivity contribution is 5.95. The van der Waals surface area contributed by atoms with Crippen LogP contribution in [0.5, 0.6) is 0 Å². The van der Waals surface area contributed by atoms with E-state index in [0.717, 1.165) is 29.9 Å². The summed E-state index contributed by atoms with van der Waals surface area (Å²) in [6.07, 6.45) is 4.25. The largest absolute Gasteiger partial charge is 0.355 e. The maximum Gasteiger partial charge on any atom is 0.251 e. The fraction of sp³-hybridized carbons (Fsp3) is 0.174. The molecule has 0 aliphatic carbocycles. The van der Waals surface area contributed by atoms with Crippen LogP contribution >= 0.6 is 0 Å². The fourth-order valence-corrected chi connectivity index (χ4v) is 3.81. The molecule has 2 aromatic carbocycles. The summed E-state index contributed by atoms with van der Waals surface area (Å²) in [5, 5.41) is 10.4. The van der Waals surface area contributed by atoms with Crippen molar-refractivity contribution < 1.29 is 4.79 Å². The minimum atomic E-state index is -0.148. The number of nitrogens with zero attached hydrogens (tertiary/aromatic N) is 6. The molecule has 9 nitrogen and oxygen atoms in total. The number of nitrogens with one attached hydrogen (secondary N) is 2. The quantitative estimate of drug-likeness (QED) is 0.506. The third-order valence-electron chi connectivity index (χ3n) is 5.39. The molecule has 9 heteroatoms. The second-order valence-corrected chi connectivity index (χ2v) is 7.43. The van der Waals surface area contributed by atoms with E-state index in [0.29, 0.717) is 24.0 Å². The van der Waals surface area contributed by atoms with Crippen molar-refractivity contribution in [1.82, 2.24) is 30.0 Å². The van der Waals surface area contributed by atoms with Gasteiger partial charge in [-0.25, -0.2) is 14.6 Å². The first kappa shape index (κ1) is 19.7. The molecule has 5 rings (SSSR count). The van der Waals surface area contributed by atoms with Crippen LogP contribution in [0.4, 0.5) is 17.6 Å². The van der Waals surface area contributed by atoms with Gasteiger partial charge >= 0.3 is 0 Å². The summed E-state index contributed by atoms with van der Waals surface area (Å²) < 4.78 is 2.01. The van der Waals surface area contributed by atoms with E-state index in [9.17, 15) is 4.79 Å². The summed E-state index contributed by atoms with van der Waals surface area (Å²) >= 11 is 0. The van der Waals surface area contributed by atoms with Crippen molar-refractivity contribution >= 4 is 23.5 Å². The zero-order valence-corrected chi connectivity index (χ0v) is 17.6. The van der Waals surface area contributed by atoms with Gasteiger partial charge in [-0.1, -0.05) is 24.3 Å². The number of hydrogen-bond donors (Lipinski definition) is 2. The number of benzene rings is 2. The Labute approximate surface area is 185 Å². The maximum atomic E-state index is 11.9. The number of carbonyl (C=O) groups is 1. The predicted octanol–water partition coefficient (Wildman–Crippen LogP) is 2.72. The Kier molecular flexibility index (Phi) is 5.20. The summed E-state index contributed by atoms with van der Waals surface area (Å²) in [7, 11) is 1.61. The van der Waals surface area contributed by atoms with E-state index < -0.39 is 0 Å². The van der Waals surface area contributed by atoms with Crippen molar-refractivity contribution in [2.45, 2.75) is 13.0 Å². The highest BCUT2D eigenvalue weighted by atomic mass is 16.1. The predicted molar refractivity (Wildman–Crippen MR) is 121 cm³/mol. The van der Waals surface area contributed by atoms with Crippen molar-refractivity contribution in [2.24, 2.45) is 0 Å². The molecule has 3 heterocycles. The zero-order chi connectivity index (χ0) is 21.9. The van der Waals surface area contributed by atoms with Gasteiger partial charge in [0.25, 0.3) is 5.91 Å². The number of aromatic nitrogens is 5. The molecule has 0 spiro atoms. The summed E-state index contributed by atoms with van der Waals surface area (Å²) in [4.78, 5) is 27.2. The van der Waals surface area contributed by atoms with Gasteiger partial charge < -0.3 is 15.5 Å². The third kappa shape index (κ3) is 3.87. The average molecular weight is 426 g/mol. The molecule has 1 aliphatic rings. The van der Waals surface area contributed by atoms with Gasteiger partial charge in [0, 0.05) is 43.4 Å². The molecule has 0 atom stereocenters. The topological polar surface area (TPSA) is 101 Å². The summed E-state index contributed by atoms with van der Waals surface area (Å²) in [6, 6.07) is 17.3. The van der Waals surface area contributed by atoms with E-state index in [1.54, 1.807) is 19.2 Å². The first-order valence-electron chi connectivity index (χ1n) is 10.4. The van der Waals surface area contributed by atoms with Crippen LogP contribution in [0.3, 0.4) is 0 Å². The number of anilines is 3. The summed E-state index contributed by atoms with van der Waals surface area (Å²) in [5.74, 6) is 0.878. The number of amides is 1. The molecule has 1 aliphatic heterocycles. The van der Waals surface area contributed by atoms with Crippen molar-refractivity contribution in [1.29, 1.82) is 0 Å². The Morgan fingerprint density at radius 1 is 1.06 bits per heavy atom. The van der Waals surface area contributed by atoms with E-state index in [2.05, 4.69) is 47.7 Å². The van der Waals surface area contributed by atoms with Crippen LogP contribution in [0.1, 0.15) is 21.6 Å². The molecule has 160 valence electrons. The van der Waals surface area contributed by atoms with E-state index in [1.807, 2.05) is 41.2 Å². The van der Waals surface area contributed by atoms with Gasteiger partial charge in [-0.2, -0.15) is 10.1 Å². The van der Waals surface area contributed by atoms with Crippen LogP contribution in [-0.4, -0.2) is 44.2 Å². The second-order valence-electron chi connectivity index (χ2n) is 7.43. The van der Waals surface area contributed by atoms with Gasteiger partial charge in [-0.15, -0.1) is 0 Å². The fourth-order valence-electron chi connectivity index (χ4n) is 3.81. The van der Waals surface area contributed by atoms with Gasteiger partial charge in [-0.05, 0) is 30.3 Å². The van der Waals surface area contributed by atoms with Crippen LogP contribution in [0, 0.1) is 0 Å². The Morgan fingerprint density at radius 3 is 2.78 bits per heavy atom. The molecule has 1 amide bonds. The Hall–Kier alpha value is -4.27. The van der Waals surface area contributed by atoms with Gasteiger partial charge in [0.1, 0.15) is 6.33 Å². The van der Waals surface area contributed by atoms with Gasteiger partial charge in [-0.3, -0.25) is 4.79 Å². The highest BCUT2D eigenvalue weighted by Crippen LogP contribution is 2.25. The molecule has 0 saturated heterocycles. The molecule has 4 aromatic rings. The molecule has 0 radical (unpaired) electrons. The number of fused-ring (bicyclic) bond motifs is 1. The van der Waals surface area contributed by atoms with Crippen LogP contribution in [0.2, 0.25) is 0 Å². The Bertz CT molecular complexity index is 1250. The van der Waals surface area contributed by atoms with Crippen molar-refractivity contribution in [3.8, 4) is 5.69 Å². The average Bonchev–Trinajstić information content (AvgIpc) is 3.28. The van der Waals surface area contributed by atoms with Crippen LogP contribution < -0.4 is 15.5 Å². The number of para-hydroxylation sites is 1. The van der Waals surface area contributed by atoms with Crippen molar-refractivity contribution in [2.75, 3.05) is 23.8 Å². The van der Waals surface area contributed by atoms with Crippen LogP contribution in [0.25, 0.3) is 5.69 Å². The van der Waals surface area contributed by atoms with E-state index in [4.69, 9.17) is 0 Å². The van der Waals surface area contributed by atoms with Crippen LogP contribution in [0.15, 0.2) is 67.1 Å². The minimum Gasteiger partial charge on any atom is -0.355 e. The van der Waals surface area contributed by atoms with Crippen molar-refractivity contribution in [3.63, 3.8) is 0 Å². The number of rotatable bonds is 5. The second kappa shape index (κ2) is 8.46. The number of carbonyl (C=O) groups excluding carboxylic acids is 1. The summed E-state index contributed by atoms with van der Waals surface area (Å²) in [5.41, 5.74) is 4.73. The lowest BCUT2D eigenvalue weighted by atomic mass is 10.1. The molecule has 0 bridgehead atoms. The molecule has 2 aromatic heterocycles. The first-order chi connectivity index (χ1) is 15.7. The molecule has 0 saturated carbocycles. The number of hydrogen-bond acceptors (Lipinski definition) is 7. The standard InChI is InChI=1S/C23H22N8O/c1-24-21(32)16-6-5-7-18(12-16)28-22-25-15-26-23(29-22)30-11-10-20-17(14-30)13-27-31(20)19-8-3-2-4-9-19/h2-9,12-13,15H,10-11,14H2,1H3,(H,24,32)(H,25,26,28,29). The monoisotopic (exact) mass is 426 g/mol. The third-order valence-corrected chi connectivity index (χ3v) is 5.39. The smallest absolute Gasteiger partial charge is 0.251 e.